The Kier molecular flexibility index (Phi) is 5.27. The maximum Gasteiger partial charge on any atom is 0.124 e. The van der Waals surface area contributed by atoms with Crippen molar-refractivity contribution >= 4 is 0 Å². The highest BCUT2D eigenvalue weighted by Crippen LogP contribution is 2.18. The molecule has 0 amide bonds. The normalized spacial score (nSPS) is 16.1. The molecule has 23 heavy (non-hydrogen) atoms. The topological polar surface area (TPSA) is 59.8 Å². The number of benzene rings is 1. The summed E-state index contributed by atoms with van der Waals surface area (Å²) in [5, 5.41) is 10.2. The Hall–Kier alpha value is -1.89. The predicted molar refractivity (Wildman–Crippen MR) is 86.2 cm³/mol. The molecular weight excluding hydrogens is 294 g/mol. The van der Waals surface area contributed by atoms with Crippen LogP contribution >= 0.6 is 0 Å². The van der Waals surface area contributed by atoms with Crippen LogP contribution in [0.25, 0.3) is 0 Å². The van der Waals surface area contributed by atoms with Crippen molar-refractivity contribution in [3.05, 3.63) is 48.0 Å². The summed E-state index contributed by atoms with van der Waals surface area (Å²) in [5.41, 5.74) is 0.988. The molecule has 0 aliphatic carbocycles. The number of methoxy groups -OCH3 is 1. The molecule has 1 N–H and O–H groups in total. The van der Waals surface area contributed by atoms with Crippen LogP contribution in [0.4, 0.5) is 0 Å². The van der Waals surface area contributed by atoms with E-state index in [9.17, 15) is 5.11 Å². The fourth-order valence-corrected chi connectivity index (χ4v) is 2.86. The van der Waals surface area contributed by atoms with Crippen LogP contribution in [0.1, 0.15) is 11.4 Å². The third-order valence-electron chi connectivity index (χ3n) is 4.05. The van der Waals surface area contributed by atoms with Gasteiger partial charge >= 0.3 is 0 Å². The van der Waals surface area contributed by atoms with Gasteiger partial charge in [-0.15, -0.1) is 0 Å². The molecule has 0 radical (unpaired) electrons. The van der Waals surface area contributed by atoms with Gasteiger partial charge in [0.2, 0.25) is 0 Å². The van der Waals surface area contributed by atoms with Gasteiger partial charge in [-0.1, -0.05) is 18.2 Å². The number of fused-ring (bicyclic) bond motifs is 1. The minimum atomic E-state index is -0.508. The lowest BCUT2D eigenvalue weighted by Crippen LogP contribution is -2.40. The summed E-state index contributed by atoms with van der Waals surface area (Å²) >= 11 is 0. The highest BCUT2D eigenvalue weighted by atomic mass is 16.5. The van der Waals surface area contributed by atoms with Crippen LogP contribution in [0.15, 0.2) is 36.7 Å². The standard InChI is InChI=1S/C17H23N3O3/c1-22-16-5-3-2-4-14(16)12-23-13-15(21)10-19-8-9-20-7-6-18-17(20)11-19/h2-7,15,21H,8-13H2,1H3. The molecule has 124 valence electrons. The fraction of sp³-hybridized carbons (Fsp3) is 0.471. The van der Waals surface area contributed by atoms with Crippen LogP contribution in [0.3, 0.4) is 0 Å². The maximum atomic E-state index is 10.2. The number of para-hydroxylation sites is 1. The van der Waals surface area contributed by atoms with Crippen LogP contribution in [0.2, 0.25) is 0 Å². The molecular formula is C17H23N3O3. The molecule has 0 saturated carbocycles. The molecule has 1 aliphatic rings. The summed E-state index contributed by atoms with van der Waals surface area (Å²) in [6, 6.07) is 7.76. The largest absolute Gasteiger partial charge is 0.496 e. The number of rotatable bonds is 7. The number of imidazole rings is 1. The number of aliphatic hydroxyl groups is 1. The van der Waals surface area contributed by atoms with Crippen molar-refractivity contribution in [2.75, 3.05) is 26.8 Å². The van der Waals surface area contributed by atoms with Crippen LogP contribution < -0.4 is 4.74 Å². The lowest BCUT2D eigenvalue weighted by atomic mass is 10.2. The predicted octanol–water partition coefficient (Wildman–Crippen LogP) is 1.28. The summed E-state index contributed by atoms with van der Waals surface area (Å²) in [4.78, 5) is 6.54. The van der Waals surface area contributed by atoms with E-state index in [2.05, 4.69) is 14.5 Å². The van der Waals surface area contributed by atoms with Gasteiger partial charge in [0.25, 0.3) is 0 Å². The van der Waals surface area contributed by atoms with E-state index in [1.54, 1.807) is 7.11 Å². The zero-order valence-corrected chi connectivity index (χ0v) is 13.4. The van der Waals surface area contributed by atoms with Crippen molar-refractivity contribution < 1.29 is 14.6 Å². The number of hydrogen-bond acceptors (Lipinski definition) is 5. The summed E-state index contributed by atoms with van der Waals surface area (Å²) in [5.74, 6) is 1.86. The van der Waals surface area contributed by atoms with Crippen molar-refractivity contribution in [3.8, 4) is 5.75 Å². The number of β-amino-alcohol motifs (C(OH)–C–C–N with tert-alkyl or cyclic N) is 1. The molecule has 2 aromatic rings. The molecule has 0 fully saturated rings. The summed E-state index contributed by atoms with van der Waals surface area (Å²) in [6.45, 7) is 3.96. The van der Waals surface area contributed by atoms with E-state index < -0.39 is 6.10 Å². The van der Waals surface area contributed by atoms with Gasteiger partial charge < -0.3 is 19.1 Å². The van der Waals surface area contributed by atoms with Crippen molar-refractivity contribution in [2.45, 2.75) is 25.8 Å². The van der Waals surface area contributed by atoms with Crippen molar-refractivity contribution in [3.63, 3.8) is 0 Å². The second-order valence-corrected chi connectivity index (χ2v) is 5.75. The minimum Gasteiger partial charge on any atom is -0.496 e. The molecule has 1 aromatic heterocycles. The first kappa shape index (κ1) is 16.0. The van der Waals surface area contributed by atoms with Crippen molar-refractivity contribution in [1.29, 1.82) is 0 Å². The van der Waals surface area contributed by atoms with E-state index in [0.29, 0.717) is 19.8 Å². The number of aromatic nitrogens is 2. The number of hydrogen-bond donors (Lipinski definition) is 1. The molecule has 1 aromatic carbocycles. The highest BCUT2D eigenvalue weighted by Gasteiger charge is 2.19. The van der Waals surface area contributed by atoms with E-state index in [1.807, 2.05) is 36.7 Å². The number of nitrogens with zero attached hydrogens (tertiary/aromatic N) is 3. The summed E-state index contributed by atoms with van der Waals surface area (Å²) in [7, 11) is 1.65. The second kappa shape index (κ2) is 7.59. The van der Waals surface area contributed by atoms with E-state index in [-0.39, 0.29) is 0 Å². The van der Waals surface area contributed by atoms with E-state index in [0.717, 1.165) is 36.8 Å². The van der Waals surface area contributed by atoms with Crippen molar-refractivity contribution in [2.24, 2.45) is 0 Å². The molecule has 1 unspecified atom stereocenters. The zero-order chi connectivity index (χ0) is 16.1. The smallest absolute Gasteiger partial charge is 0.124 e. The van der Waals surface area contributed by atoms with Gasteiger partial charge in [0.15, 0.2) is 0 Å². The Morgan fingerprint density at radius 1 is 1.30 bits per heavy atom. The van der Waals surface area contributed by atoms with Gasteiger partial charge in [-0.3, -0.25) is 4.90 Å². The van der Waals surface area contributed by atoms with Crippen LogP contribution in [-0.2, 0) is 24.4 Å². The molecule has 0 spiro atoms. The number of ether oxygens (including phenoxy) is 2. The molecule has 6 heteroatoms. The third-order valence-corrected chi connectivity index (χ3v) is 4.05. The molecule has 0 saturated heterocycles. The maximum absolute atomic E-state index is 10.2. The second-order valence-electron chi connectivity index (χ2n) is 5.75. The van der Waals surface area contributed by atoms with Gasteiger partial charge in [-0.2, -0.15) is 0 Å². The molecule has 6 nitrogen and oxygen atoms in total. The van der Waals surface area contributed by atoms with E-state index in [4.69, 9.17) is 9.47 Å². The molecule has 1 aliphatic heterocycles. The first-order chi connectivity index (χ1) is 11.3. The van der Waals surface area contributed by atoms with Crippen LogP contribution in [0.5, 0.6) is 5.75 Å². The Balaban J connectivity index is 1.42. The van der Waals surface area contributed by atoms with E-state index >= 15 is 0 Å². The van der Waals surface area contributed by atoms with Gasteiger partial charge in [0, 0.05) is 37.6 Å². The molecule has 0 bridgehead atoms. The monoisotopic (exact) mass is 317 g/mol. The van der Waals surface area contributed by atoms with Crippen LogP contribution in [-0.4, -0.2) is 52.5 Å². The lowest BCUT2D eigenvalue weighted by molar-refractivity contribution is 0.00497. The van der Waals surface area contributed by atoms with Gasteiger partial charge in [0.1, 0.15) is 11.6 Å². The summed E-state index contributed by atoms with van der Waals surface area (Å²) < 4.78 is 13.1. The molecule has 2 heterocycles. The van der Waals surface area contributed by atoms with Gasteiger partial charge in [-0.25, -0.2) is 4.98 Å². The Morgan fingerprint density at radius 2 is 2.17 bits per heavy atom. The number of aliphatic hydroxyl groups excluding tert-OH is 1. The Morgan fingerprint density at radius 3 is 3.04 bits per heavy atom. The van der Waals surface area contributed by atoms with E-state index in [1.165, 1.54) is 0 Å². The lowest BCUT2D eigenvalue weighted by Gasteiger charge is -2.29. The zero-order valence-electron chi connectivity index (χ0n) is 13.4. The Labute approximate surface area is 136 Å². The highest BCUT2D eigenvalue weighted by molar-refractivity contribution is 5.32. The van der Waals surface area contributed by atoms with Crippen molar-refractivity contribution in [1.82, 2.24) is 14.5 Å². The first-order valence-electron chi connectivity index (χ1n) is 7.86. The average molecular weight is 317 g/mol. The molecule has 1 atom stereocenters. The average Bonchev–Trinajstić information content (AvgIpc) is 3.03. The Bertz CT molecular complexity index is 629. The van der Waals surface area contributed by atoms with Gasteiger partial charge in [-0.05, 0) is 6.07 Å². The third kappa shape index (κ3) is 4.10. The van der Waals surface area contributed by atoms with Crippen LogP contribution in [0, 0.1) is 0 Å². The first-order valence-corrected chi connectivity index (χ1v) is 7.86. The van der Waals surface area contributed by atoms with Gasteiger partial charge in [0.05, 0.1) is 33.0 Å². The quantitative estimate of drug-likeness (QED) is 0.834. The molecule has 3 rings (SSSR count). The summed E-state index contributed by atoms with van der Waals surface area (Å²) in [6.07, 6.45) is 3.32. The minimum absolute atomic E-state index is 0.309. The fourth-order valence-electron chi connectivity index (χ4n) is 2.86. The SMILES string of the molecule is COc1ccccc1COCC(O)CN1CCn2ccnc2C1.